The average molecular weight is 452 g/mol. The minimum atomic E-state index is -0.691. The van der Waals surface area contributed by atoms with Crippen LogP contribution >= 0.6 is 22.9 Å². The second kappa shape index (κ2) is 8.29. The van der Waals surface area contributed by atoms with Crippen molar-refractivity contribution in [2.75, 3.05) is 5.32 Å². The van der Waals surface area contributed by atoms with Gasteiger partial charge in [0.15, 0.2) is 5.13 Å². The molecule has 0 aliphatic rings. The van der Waals surface area contributed by atoms with Gasteiger partial charge in [-0.1, -0.05) is 62.7 Å². The quantitative estimate of drug-likeness (QED) is 0.302. The molecule has 0 atom stereocenters. The highest BCUT2D eigenvalue weighted by Gasteiger charge is 2.24. The lowest BCUT2D eigenvalue weighted by Crippen LogP contribution is -2.23. The lowest BCUT2D eigenvalue weighted by Gasteiger charge is -2.14. The number of rotatable bonds is 5. The number of benzene rings is 2. The van der Waals surface area contributed by atoms with Crippen molar-refractivity contribution in [2.24, 2.45) is 0 Å². The lowest BCUT2D eigenvalue weighted by atomic mass is 9.93. The van der Waals surface area contributed by atoms with E-state index in [0.29, 0.717) is 22.3 Å². The van der Waals surface area contributed by atoms with Crippen LogP contribution in [0.25, 0.3) is 10.9 Å². The van der Waals surface area contributed by atoms with Crippen molar-refractivity contribution in [1.82, 2.24) is 9.55 Å². The summed E-state index contributed by atoms with van der Waals surface area (Å²) >= 11 is 7.30. The number of amides is 1. The maximum atomic E-state index is 13.0. The Morgan fingerprint density at radius 2 is 1.81 bits per heavy atom. The molecule has 0 unspecified atom stereocenters. The van der Waals surface area contributed by atoms with Crippen molar-refractivity contribution in [3.63, 3.8) is 0 Å². The van der Waals surface area contributed by atoms with Gasteiger partial charge in [0.25, 0.3) is 11.7 Å². The van der Waals surface area contributed by atoms with Crippen LogP contribution in [-0.4, -0.2) is 21.2 Å². The first kappa shape index (κ1) is 21.3. The van der Waals surface area contributed by atoms with Gasteiger partial charge in [0.1, 0.15) is 0 Å². The van der Waals surface area contributed by atoms with Crippen molar-refractivity contribution in [1.29, 1.82) is 0 Å². The van der Waals surface area contributed by atoms with Crippen molar-refractivity contribution in [2.45, 2.75) is 32.7 Å². The molecule has 5 nitrogen and oxygen atoms in total. The van der Waals surface area contributed by atoms with Crippen LogP contribution in [0, 0.1) is 0 Å². The first-order valence-electron chi connectivity index (χ1n) is 9.86. The summed E-state index contributed by atoms with van der Waals surface area (Å²) in [6.07, 6.45) is 1.74. The number of thiazole rings is 1. The van der Waals surface area contributed by atoms with E-state index >= 15 is 0 Å². The SMILES string of the molecule is CC(C)(C)c1csc(NC(=O)C(=O)c2cn(Cc3ccc(Cl)cc3)c3ccccc23)n1. The molecule has 4 rings (SSSR count). The van der Waals surface area contributed by atoms with E-state index in [1.165, 1.54) is 11.3 Å². The van der Waals surface area contributed by atoms with Gasteiger partial charge < -0.3 is 4.57 Å². The van der Waals surface area contributed by atoms with Crippen molar-refractivity contribution in [3.05, 3.63) is 82.0 Å². The average Bonchev–Trinajstić information content (AvgIpc) is 3.34. The minimum Gasteiger partial charge on any atom is -0.342 e. The topological polar surface area (TPSA) is 64.0 Å². The summed E-state index contributed by atoms with van der Waals surface area (Å²) in [7, 11) is 0. The third-order valence-corrected chi connectivity index (χ3v) is 6.01. The molecule has 0 spiro atoms. The van der Waals surface area contributed by atoms with Crippen molar-refractivity contribution >= 4 is 50.7 Å². The summed E-state index contributed by atoms with van der Waals surface area (Å²) in [5.41, 5.74) is 3.05. The number of anilines is 1. The molecule has 0 aliphatic carbocycles. The number of fused-ring (bicyclic) bond motifs is 1. The molecule has 1 N–H and O–H groups in total. The summed E-state index contributed by atoms with van der Waals surface area (Å²) in [6, 6.07) is 15.1. The summed E-state index contributed by atoms with van der Waals surface area (Å²) in [4.78, 5) is 30.2. The summed E-state index contributed by atoms with van der Waals surface area (Å²) in [6.45, 7) is 6.71. The fourth-order valence-electron chi connectivity index (χ4n) is 3.30. The molecule has 0 fully saturated rings. The number of nitrogens with one attached hydrogen (secondary N) is 1. The van der Waals surface area contributed by atoms with Gasteiger partial charge in [-0.2, -0.15) is 0 Å². The molecule has 1 amide bonds. The Morgan fingerprint density at radius 3 is 2.48 bits per heavy atom. The van der Waals surface area contributed by atoms with E-state index in [-0.39, 0.29) is 5.41 Å². The van der Waals surface area contributed by atoms with E-state index in [2.05, 4.69) is 10.3 Å². The van der Waals surface area contributed by atoms with Crippen molar-refractivity contribution in [3.8, 4) is 0 Å². The Bertz CT molecular complexity index is 1270. The molecule has 0 saturated heterocycles. The normalized spacial score (nSPS) is 11.6. The molecular formula is C24H22ClN3O2S. The van der Waals surface area contributed by atoms with Gasteiger partial charge in [-0.25, -0.2) is 4.98 Å². The van der Waals surface area contributed by atoms with Crippen molar-refractivity contribution < 1.29 is 9.59 Å². The Balaban J connectivity index is 1.61. The second-order valence-electron chi connectivity index (χ2n) is 8.39. The number of hydrogen-bond donors (Lipinski definition) is 1. The number of aromatic nitrogens is 2. The number of halogens is 1. The maximum Gasteiger partial charge on any atom is 0.298 e. The number of hydrogen-bond acceptors (Lipinski definition) is 4. The molecule has 2 aromatic heterocycles. The zero-order chi connectivity index (χ0) is 22.2. The molecule has 31 heavy (non-hydrogen) atoms. The number of nitrogens with zero attached hydrogens (tertiary/aromatic N) is 2. The summed E-state index contributed by atoms with van der Waals surface area (Å²) in [5, 5.41) is 6.40. The van der Waals surface area contributed by atoms with Crippen LogP contribution < -0.4 is 5.32 Å². The third-order valence-electron chi connectivity index (χ3n) is 5.00. The highest BCUT2D eigenvalue weighted by atomic mass is 35.5. The van der Waals surface area contributed by atoms with E-state index < -0.39 is 11.7 Å². The van der Waals surface area contributed by atoms with Gasteiger partial charge in [0, 0.05) is 39.5 Å². The Labute approximate surface area is 189 Å². The van der Waals surface area contributed by atoms with Gasteiger partial charge in [0.2, 0.25) is 0 Å². The molecule has 7 heteroatoms. The second-order valence-corrected chi connectivity index (χ2v) is 9.68. The highest BCUT2D eigenvalue weighted by Crippen LogP contribution is 2.27. The molecule has 4 aromatic rings. The van der Waals surface area contributed by atoms with Crippen LogP contribution in [0.5, 0.6) is 0 Å². The first-order chi connectivity index (χ1) is 14.7. The Hall–Kier alpha value is -2.96. The van der Waals surface area contributed by atoms with Gasteiger partial charge in [0.05, 0.1) is 11.3 Å². The first-order valence-corrected chi connectivity index (χ1v) is 11.1. The number of ketones is 1. The van der Waals surface area contributed by atoms with Crippen LogP contribution in [0.15, 0.2) is 60.1 Å². The molecule has 0 aliphatic heterocycles. The molecule has 2 heterocycles. The largest absolute Gasteiger partial charge is 0.342 e. The van der Waals surface area contributed by atoms with E-state index in [1.54, 1.807) is 6.20 Å². The third kappa shape index (κ3) is 4.55. The van der Waals surface area contributed by atoms with Crippen LogP contribution in [0.3, 0.4) is 0 Å². The van der Waals surface area contributed by atoms with Crippen LogP contribution in [0.4, 0.5) is 5.13 Å². The van der Waals surface area contributed by atoms with Gasteiger partial charge >= 0.3 is 0 Å². The molecule has 0 bridgehead atoms. The number of para-hydroxylation sites is 1. The maximum absolute atomic E-state index is 13.0. The van der Waals surface area contributed by atoms with Gasteiger partial charge in [-0.05, 0) is 23.8 Å². The zero-order valence-electron chi connectivity index (χ0n) is 17.5. The lowest BCUT2D eigenvalue weighted by molar-refractivity contribution is -0.112. The Morgan fingerprint density at radius 1 is 1.10 bits per heavy atom. The van der Waals surface area contributed by atoms with E-state index in [1.807, 2.05) is 79.2 Å². The predicted octanol–water partition coefficient (Wildman–Crippen LogP) is 5.92. The molecule has 0 radical (unpaired) electrons. The zero-order valence-corrected chi connectivity index (χ0v) is 19.1. The van der Waals surface area contributed by atoms with Crippen LogP contribution in [-0.2, 0) is 16.8 Å². The van der Waals surface area contributed by atoms with E-state index in [0.717, 1.165) is 22.2 Å². The molecule has 158 valence electrons. The fourth-order valence-corrected chi connectivity index (χ4v) is 4.36. The van der Waals surface area contributed by atoms with Gasteiger partial charge in [-0.3, -0.25) is 14.9 Å². The van der Waals surface area contributed by atoms with Gasteiger partial charge in [-0.15, -0.1) is 11.3 Å². The van der Waals surface area contributed by atoms with Crippen LogP contribution in [0.2, 0.25) is 5.02 Å². The Kier molecular flexibility index (Phi) is 5.69. The number of carbonyl (C=O) groups excluding carboxylic acids is 2. The smallest absolute Gasteiger partial charge is 0.298 e. The number of carbonyl (C=O) groups is 2. The molecule has 2 aromatic carbocycles. The monoisotopic (exact) mass is 451 g/mol. The summed E-state index contributed by atoms with van der Waals surface area (Å²) in [5.74, 6) is -1.28. The fraction of sp³-hybridized carbons (Fsp3) is 0.208. The molecular weight excluding hydrogens is 430 g/mol. The summed E-state index contributed by atoms with van der Waals surface area (Å²) < 4.78 is 1.97. The highest BCUT2D eigenvalue weighted by molar-refractivity contribution is 7.14. The van der Waals surface area contributed by atoms with Crippen LogP contribution in [0.1, 0.15) is 42.4 Å². The predicted molar refractivity (Wildman–Crippen MR) is 126 cm³/mol. The standard InChI is InChI=1S/C24H22ClN3O2S/c1-24(2,3)20-14-31-23(26-20)27-22(30)21(29)18-13-28(19-7-5-4-6-17(18)19)12-15-8-10-16(25)11-9-15/h4-11,13-14H,12H2,1-3H3,(H,26,27,30). The number of Topliss-reactive ketones (excluding diaryl/α,β-unsaturated/α-hetero) is 1. The van der Waals surface area contributed by atoms with E-state index in [9.17, 15) is 9.59 Å². The van der Waals surface area contributed by atoms with E-state index in [4.69, 9.17) is 11.6 Å². The molecule has 0 saturated carbocycles. The minimum absolute atomic E-state index is 0.126.